The summed E-state index contributed by atoms with van der Waals surface area (Å²) in [5.74, 6) is 0.976. The zero-order valence-corrected chi connectivity index (χ0v) is 21.0. The minimum absolute atomic E-state index is 0.113. The van der Waals surface area contributed by atoms with Crippen LogP contribution in [0.25, 0.3) is 10.8 Å². The number of piperidine rings is 1. The van der Waals surface area contributed by atoms with Gasteiger partial charge in [0.2, 0.25) is 0 Å². The summed E-state index contributed by atoms with van der Waals surface area (Å²) in [5.41, 5.74) is 3.25. The van der Waals surface area contributed by atoms with E-state index in [2.05, 4.69) is 70.5 Å². The van der Waals surface area contributed by atoms with Gasteiger partial charge in [0.25, 0.3) is 5.91 Å². The maximum absolute atomic E-state index is 14.1. The monoisotopic (exact) mass is 478 g/mol. The molecule has 1 saturated heterocycles. The van der Waals surface area contributed by atoms with Crippen molar-refractivity contribution >= 4 is 16.7 Å². The number of likely N-dealkylation sites (tertiary alicyclic amines) is 1. The molecule has 0 spiro atoms. The van der Waals surface area contributed by atoms with Crippen LogP contribution >= 0.6 is 0 Å². The summed E-state index contributed by atoms with van der Waals surface area (Å²) < 4.78 is 5.62. The van der Waals surface area contributed by atoms with Gasteiger partial charge in [0.15, 0.2) is 0 Å². The fourth-order valence-corrected chi connectivity index (χ4v) is 5.22. The maximum Gasteiger partial charge on any atom is 0.255 e. The molecule has 0 radical (unpaired) electrons. The lowest BCUT2D eigenvalue weighted by Crippen LogP contribution is -2.47. The van der Waals surface area contributed by atoms with Crippen LogP contribution in [-0.4, -0.2) is 41.4 Å². The number of rotatable bonds is 8. The van der Waals surface area contributed by atoms with Crippen molar-refractivity contribution in [3.05, 3.63) is 114 Å². The van der Waals surface area contributed by atoms with E-state index in [0.717, 1.165) is 60.1 Å². The molecule has 4 nitrogen and oxygen atoms in total. The molecule has 0 aliphatic carbocycles. The van der Waals surface area contributed by atoms with Gasteiger partial charge in [-0.3, -0.25) is 9.69 Å². The first-order valence-corrected chi connectivity index (χ1v) is 13.0. The average molecular weight is 479 g/mol. The van der Waals surface area contributed by atoms with Crippen LogP contribution < -0.4 is 4.74 Å². The molecule has 1 aliphatic heterocycles. The van der Waals surface area contributed by atoms with Crippen molar-refractivity contribution in [2.75, 3.05) is 19.7 Å². The van der Waals surface area contributed by atoms with E-state index in [4.69, 9.17) is 4.74 Å². The molecule has 1 fully saturated rings. The highest BCUT2D eigenvalue weighted by molar-refractivity contribution is 6.07. The lowest BCUT2D eigenvalue weighted by atomic mass is 9.98. The quantitative estimate of drug-likeness (QED) is 0.288. The number of hydrogen-bond acceptors (Lipinski definition) is 3. The van der Waals surface area contributed by atoms with E-state index in [1.165, 1.54) is 5.56 Å². The number of nitrogens with zero attached hydrogens (tertiary/aromatic N) is 2. The number of fused-ring (bicyclic) bond motifs is 1. The molecular weight excluding hydrogens is 444 g/mol. The van der Waals surface area contributed by atoms with E-state index in [1.807, 2.05) is 43.3 Å². The number of hydrogen-bond donors (Lipinski definition) is 0. The Morgan fingerprint density at radius 3 is 2.28 bits per heavy atom. The molecule has 0 unspecified atom stereocenters. The Morgan fingerprint density at radius 1 is 0.833 bits per heavy atom. The number of ether oxygens (including phenoxy) is 1. The van der Waals surface area contributed by atoms with E-state index in [9.17, 15) is 4.79 Å². The van der Waals surface area contributed by atoms with E-state index in [0.29, 0.717) is 13.2 Å². The molecule has 36 heavy (non-hydrogen) atoms. The Morgan fingerprint density at radius 2 is 1.53 bits per heavy atom. The molecule has 0 bridgehead atoms. The SMILES string of the molecule is CCOc1ccc(CN(C(=O)c2cccc3ccccc23)C2CCN(Cc3ccccc3)CC2)cc1. The third-order valence-electron chi connectivity index (χ3n) is 7.12. The maximum atomic E-state index is 14.1. The highest BCUT2D eigenvalue weighted by Crippen LogP contribution is 2.26. The number of benzene rings is 4. The van der Waals surface area contributed by atoms with Gasteiger partial charge in [0.05, 0.1) is 6.61 Å². The standard InChI is InChI=1S/C32H34N2O2/c1-2-36-29-17-15-26(16-18-29)24-34(32(35)31-14-8-12-27-11-6-7-13-30(27)31)28-19-21-33(22-20-28)23-25-9-4-3-5-10-25/h3-18,28H,2,19-24H2,1H3. The third-order valence-corrected chi connectivity index (χ3v) is 7.12. The second-order valence-corrected chi connectivity index (χ2v) is 9.53. The lowest BCUT2D eigenvalue weighted by molar-refractivity contribution is 0.0545. The second kappa shape index (κ2) is 11.4. The molecule has 0 atom stereocenters. The highest BCUT2D eigenvalue weighted by Gasteiger charge is 2.29. The van der Waals surface area contributed by atoms with E-state index in [1.54, 1.807) is 0 Å². The zero-order valence-electron chi connectivity index (χ0n) is 21.0. The third kappa shape index (κ3) is 5.60. The van der Waals surface area contributed by atoms with Gasteiger partial charge >= 0.3 is 0 Å². The molecular formula is C32H34N2O2. The molecule has 0 aromatic heterocycles. The second-order valence-electron chi connectivity index (χ2n) is 9.53. The summed E-state index contributed by atoms with van der Waals surface area (Å²) in [4.78, 5) is 18.7. The van der Waals surface area contributed by atoms with E-state index in [-0.39, 0.29) is 11.9 Å². The smallest absolute Gasteiger partial charge is 0.255 e. The molecule has 1 aliphatic rings. The average Bonchev–Trinajstić information content (AvgIpc) is 2.93. The highest BCUT2D eigenvalue weighted by atomic mass is 16.5. The lowest BCUT2D eigenvalue weighted by Gasteiger charge is -2.39. The number of carbonyl (C=O) groups is 1. The first-order chi connectivity index (χ1) is 17.7. The summed E-state index contributed by atoms with van der Waals surface area (Å²) in [6.07, 6.45) is 1.95. The topological polar surface area (TPSA) is 32.8 Å². The van der Waals surface area contributed by atoms with Crippen molar-refractivity contribution in [1.29, 1.82) is 0 Å². The minimum Gasteiger partial charge on any atom is -0.494 e. The van der Waals surface area contributed by atoms with Crippen molar-refractivity contribution in [2.45, 2.75) is 38.9 Å². The summed E-state index contributed by atoms with van der Waals surface area (Å²) in [6, 6.07) is 33.2. The normalized spacial score (nSPS) is 14.6. The predicted octanol–water partition coefficient (Wildman–Crippen LogP) is 6.55. The Hall–Kier alpha value is -3.63. The van der Waals surface area contributed by atoms with Crippen molar-refractivity contribution in [3.8, 4) is 5.75 Å². The van der Waals surface area contributed by atoms with Crippen LogP contribution in [-0.2, 0) is 13.1 Å². The first kappa shape index (κ1) is 24.1. The molecule has 184 valence electrons. The van der Waals surface area contributed by atoms with Gasteiger partial charge in [0, 0.05) is 37.8 Å². The summed E-state index contributed by atoms with van der Waals surface area (Å²) in [6.45, 7) is 6.17. The number of amides is 1. The van der Waals surface area contributed by atoms with Crippen LogP contribution in [0.3, 0.4) is 0 Å². The Bertz CT molecular complexity index is 1270. The van der Waals surface area contributed by atoms with Gasteiger partial charge in [-0.05, 0) is 59.9 Å². The first-order valence-electron chi connectivity index (χ1n) is 13.0. The van der Waals surface area contributed by atoms with E-state index >= 15 is 0 Å². The molecule has 0 saturated carbocycles. The Balaban J connectivity index is 1.37. The van der Waals surface area contributed by atoms with Gasteiger partial charge in [-0.15, -0.1) is 0 Å². The van der Waals surface area contributed by atoms with Crippen LogP contribution in [0.5, 0.6) is 5.75 Å². The van der Waals surface area contributed by atoms with Crippen molar-refractivity contribution < 1.29 is 9.53 Å². The molecule has 4 aromatic carbocycles. The van der Waals surface area contributed by atoms with Crippen molar-refractivity contribution in [2.24, 2.45) is 0 Å². The minimum atomic E-state index is 0.113. The van der Waals surface area contributed by atoms with Gasteiger partial charge in [-0.2, -0.15) is 0 Å². The molecule has 4 heteroatoms. The Labute approximate surface area is 214 Å². The van der Waals surface area contributed by atoms with Crippen LogP contribution in [0.1, 0.15) is 41.3 Å². The summed E-state index contributed by atoms with van der Waals surface area (Å²) in [5, 5.41) is 2.12. The van der Waals surface area contributed by atoms with E-state index < -0.39 is 0 Å². The van der Waals surface area contributed by atoms with Gasteiger partial charge in [-0.1, -0.05) is 78.9 Å². The van der Waals surface area contributed by atoms with Crippen molar-refractivity contribution in [3.63, 3.8) is 0 Å². The predicted molar refractivity (Wildman–Crippen MR) is 146 cm³/mol. The van der Waals surface area contributed by atoms with Crippen LogP contribution in [0, 0.1) is 0 Å². The van der Waals surface area contributed by atoms with Crippen LogP contribution in [0.2, 0.25) is 0 Å². The largest absolute Gasteiger partial charge is 0.494 e. The van der Waals surface area contributed by atoms with Crippen LogP contribution in [0.15, 0.2) is 97.1 Å². The van der Waals surface area contributed by atoms with Gasteiger partial charge < -0.3 is 9.64 Å². The fourth-order valence-electron chi connectivity index (χ4n) is 5.22. The van der Waals surface area contributed by atoms with Crippen molar-refractivity contribution in [1.82, 2.24) is 9.80 Å². The summed E-state index contributed by atoms with van der Waals surface area (Å²) in [7, 11) is 0. The van der Waals surface area contributed by atoms with Gasteiger partial charge in [-0.25, -0.2) is 0 Å². The van der Waals surface area contributed by atoms with Crippen LogP contribution in [0.4, 0.5) is 0 Å². The molecule has 5 rings (SSSR count). The Kier molecular flexibility index (Phi) is 7.63. The van der Waals surface area contributed by atoms with Gasteiger partial charge in [0.1, 0.15) is 5.75 Å². The number of carbonyl (C=O) groups excluding carboxylic acids is 1. The molecule has 1 heterocycles. The zero-order chi connectivity index (χ0) is 24.7. The molecule has 0 N–H and O–H groups in total. The summed E-state index contributed by atoms with van der Waals surface area (Å²) >= 11 is 0. The fraction of sp³-hybridized carbons (Fsp3) is 0.281. The molecule has 1 amide bonds. The molecule has 4 aromatic rings.